The second-order valence-corrected chi connectivity index (χ2v) is 7.16. The molecule has 1 N–H and O–H groups in total. The van der Waals surface area contributed by atoms with Gasteiger partial charge in [-0.2, -0.15) is 0 Å². The van der Waals surface area contributed by atoms with Gasteiger partial charge < -0.3 is 9.94 Å². The van der Waals surface area contributed by atoms with Crippen LogP contribution in [0.25, 0.3) is 0 Å². The number of rotatable bonds is 15. The van der Waals surface area contributed by atoms with Gasteiger partial charge in [-0.05, 0) is 6.42 Å². The Hall–Kier alpha value is -0.610. The summed E-state index contributed by atoms with van der Waals surface area (Å²) in [6.45, 7) is 5.78. The maximum atomic E-state index is 8.87. The Morgan fingerprint density at radius 1 is 0.875 bits per heavy atom. The number of morpholine rings is 1. The molecule has 1 fully saturated rings. The summed E-state index contributed by atoms with van der Waals surface area (Å²) >= 11 is 0. The zero-order valence-corrected chi connectivity index (χ0v) is 15.9. The van der Waals surface area contributed by atoms with E-state index in [1.165, 1.54) is 77.0 Å². The Morgan fingerprint density at radius 3 is 1.88 bits per heavy atom. The first-order valence-electron chi connectivity index (χ1n) is 10.4. The molecule has 0 spiro atoms. The van der Waals surface area contributed by atoms with Crippen LogP contribution in [-0.2, 0) is 4.74 Å². The van der Waals surface area contributed by atoms with Crippen molar-refractivity contribution in [2.24, 2.45) is 5.16 Å². The molecular formula is C20H40N2O2. The van der Waals surface area contributed by atoms with Gasteiger partial charge in [-0.15, -0.1) is 5.16 Å². The van der Waals surface area contributed by atoms with Crippen molar-refractivity contribution in [1.82, 2.24) is 4.90 Å². The summed E-state index contributed by atoms with van der Waals surface area (Å²) < 4.78 is 5.40. The van der Waals surface area contributed by atoms with E-state index in [2.05, 4.69) is 17.0 Å². The molecule has 1 aliphatic heterocycles. The second kappa shape index (κ2) is 15.9. The first kappa shape index (κ1) is 21.4. The van der Waals surface area contributed by atoms with E-state index in [0.717, 1.165) is 32.7 Å². The number of oxime groups is 1. The first-order valence-corrected chi connectivity index (χ1v) is 10.4. The van der Waals surface area contributed by atoms with E-state index in [1.807, 2.05) is 0 Å². The van der Waals surface area contributed by atoms with Gasteiger partial charge in [-0.3, -0.25) is 4.90 Å². The van der Waals surface area contributed by atoms with E-state index in [1.54, 1.807) is 6.21 Å². The summed E-state index contributed by atoms with van der Waals surface area (Å²) in [4.78, 5) is 2.38. The Labute approximate surface area is 149 Å². The second-order valence-electron chi connectivity index (χ2n) is 7.16. The van der Waals surface area contributed by atoms with Crippen molar-refractivity contribution >= 4 is 6.21 Å². The van der Waals surface area contributed by atoms with Gasteiger partial charge in [-0.25, -0.2) is 0 Å². The van der Waals surface area contributed by atoms with Gasteiger partial charge in [0.2, 0.25) is 0 Å². The van der Waals surface area contributed by atoms with Gasteiger partial charge in [0.25, 0.3) is 0 Å². The molecule has 0 amide bonds. The summed E-state index contributed by atoms with van der Waals surface area (Å²) in [6, 6.07) is 0.280. The first-order chi connectivity index (χ1) is 11.9. The molecule has 1 unspecified atom stereocenters. The fourth-order valence-electron chi connectivity index (χ4n) is 3.53. The molecule has 0 radical (unpaired) electrons. The van der Waals surface area contributed by atoms with Crippen LogP contribution in [0.15, 0.2) is 5.16 Å². The minimum atomic E-state index is 0.280. The average Bonchev–Trinajstić information content (AvgIpc) is 2.62. The summed E-state index contributed by atoms with van der Waals surface area (Å²) in [5.41, 5.74) is 0. The summed E-state index contributed by atoms with van der Waals surface area (Å²) in [7, 11) is 0. The maximum Gasteiger partial charge on any atom is 0.0607 e. The molecule has 142 valence electrons. The molecule has 1 heterocycles. The number of hydrogen-bond acceptors (Lipinski definition) is 4. The van der Waals surface area contributed by atoms with Crippen molar-refractivity contribution in [1.29, 1.82) is 0 Å². The molecule has 4 heteroatoms. The van der Waals surface area contributed by atoms with Crippen LogP contribution in [-0.4, -0.2) is 48.7 Å². The highest BCUT2D eigenvalue weighted by Gasteiger charge is 2.19. The fourth-order valence-corrected chi connectivity index (χ4v) is 3.53. The molecule has 1 saturated heterocycles. The predicted molar refractivity (Wildman–Crippen MR) is 102 cm³/mol. The lowest BCUT2D eigenvalue weighted by Crippen LogP contribution is -2.44. The van der Waals surface area contributed by atoms with Crippen molar-refractivity contribution in [3.05, 3.63) is 0 Å². The van der Waals surface area contributed by atoms with Crippen LogP contribution in [0.5, 0.6) is 0 Å². The highest BCUT2D eigenvalue weighted by molar-refractivity contribution is 5.63. The van der Waals surface area contributed by atoms with Crippen molar-refractivity contribution in [3.63, 3.8) is 0 Å². The van der Waals surface area contributed by atoms with Gasteiger partial charge in [0.15, 0.2) is 0 Å². The molecular weight excluding hydrogens is 300 g/mol. The third kappa shape index (κ3) is 11.0. The largest absolute Gasteiger partial charge is 0.411 e. The smallest absolute Gasteiger partial charge is 0.0607 e. The number of ether oxygens (including phenoxy) is 1. The fraction of sp³-hybridized carbons (Fsp3) is 0.950. The predicted octanol–water partition coefficient (Wildman–Crippen LogP) is 5.24. The Morgan fingerprint density at radius 2 is 1.38 bits per heavy atom. The molecule has 0 aromatic heterocycles. The van der Waals surface area contributed by atoms with Crippen LogP contribution < -0.4 is 0 Å². The van der Waals surface area contributed by atoms with Crippen LogP contribution in [0.1, 0.15) is 90.4 Å². The SMILES string of the molecule is CCCCCCCCCCCCCCC(/C=N\O)N1CCOCC1. The molecule has 1 aliphatic rings. The molecule has 0 bridgehead atoms. The lowest BCUT2D eigenvalue weighted by atomic mass is 10.0. The minimum Gasteiger partial charge on any atom is -0.411 e. The Bertz CT molecular complexity index is 291. The zero-order valence-electron chi connectivity index (χ0n) is 15.9. The number of hydrogen-bond donors (Lipinski definition) is 1. The Kier molecular flexibility index (Phi) is 14.2. The van der Waals surface area contributed by atoms with E-state index < -0.39 is 0 Å². The van der Waals surface area contributed by atoms with E-state index >= 15 is 0 Å². The third-order valence-electron chi connectivity index (χ3n) is 5.11. The molecule has 0 aromatic carbocycles. The molecule has 24 heavy (non-hydrogen) atoms. The number of unbranched alkanes of at least 4 members (excludes halogenated alkanes) is 11. The van der Waals surface area contributed by atoms with Gasteiger partial charge in [0.1, 0.15) is 0 Å². The summed E-state index contributed by atoms with van der Waals surface area (Å²) in [5.74, 6) is 0. The van der Waals surface area contributed by atoms with E-state index in [0.29, 0.717) is 0 Å². The van der Waals surface area contributed by atoms with E-state index in [9.17, 15) is 0 Å². The van der Waals surface area contributed by atoms with Gasteiger partial charge in [0.05, 0.1) is 19.4 Å². The standard InChI is InChI=1S/C20H40N2O2/c1-2-3-4-5-6-7-8-9-10-11-12-13-14-20(19-21-23)22-15-17-24-18-16-22/h19-20,23H,2-18H2,1H3/b21-19-. The molecule has 1 atom stereocenters. The lowest BCUT2D eigenvalue weighted by molar-refractivity contribution is 0.0276. The lowest BCUT2D eigenvalue weighted by Gasteiger charge is -2.32. The Balaban J connectivity index is 1.92. The highest BCUT2D eigenvalue weighted by atomic mass is 16.5. The van der Waals surface area contributed by atoms with Gasteiger partial charge in [-0.1, -0.05) is 84.0 Å². The van der Waals surface area contributed by atoms with Crippen molar-refractivity contribution in [3.8, 4) is 0 Å². The topological polar surface area (TPSA) is 45.1 Å². The zero-order chi connectivity index (χ0) is 17.3. The van der Waals surface area contributed by atoms with Gasteiger partial charge in [0, 0.05) is 19.1 Å². The van der Waals surface area contributed by atoms with Crippen LogP contribution in [0.3, 0.4) is 0 Å². The quantitative estimate of drug-likeness (QED) is 0.192. The maximum absolute atomic E-state index is 8.87. The average molecular weight is 341 g/mol. The van der Waals surface area contributed by atoms with E-state index in [-0.39, 0.29) is 6.04 Å². The van der Waals surface area contributed by atoms with Crippen LogP contribution in [0.4, 0.5) is 0 Å². The van der Waals surface area contributed by atoms with E-state index in [4.69, 9.17) is 9.94 Å². The highest BCUT2D eigenvalue weighted by Crippen LogP contribution is 2.14. The molecule has 0 aliphatic carbocycles. The van der Waals surface area contributed by atoms with Crippen molar-refractivity contribution in [2.45, 2.75) is 96.4 Å². The van der Waals surface area contributed by atoms with Crippen molar-refractivity contribution in [2.75, 3.05) is 26.3 Å². The minimum absolute atomic E-state index is 0.280. The number of nitrogens with zero attached hydrogens (tertiary/aromatic N) is 2. The summed E-state index contributed by atoms with van der Waals surface area (Å²) in [6.07, 6.45) is 19.3. The van der Waals surface area contributed by atoms with Gasteiger partial charge >= 0.3 is 0 Å². The molecule has 0 aromatic rings. The molecule has 0 saturated carbocycles. The summed E-state index contributed by atoms with van der Waals surface area (Å²) in [5, 5.41) is 12.1. The normalized spacial score (nSPS) is 17.5. The van der Waals surface area contributed by atoms with Crippen LogP contribution in [0, 0.1) is 0 Å². The van der Waals surface area contributed by atoms with Crippen LogP contribution >= 0.6 is 0 Å². The third-order valence-corrected chi connectivity index (χ3v) is 5.11. The molecule has 1 rings (SSSR count). The monoisotopic (exact) mass is 340 g/mol. The van der Waals surface area contributed by atoms with Crippen LogP contribution in [0.2, 0.25) is 0 Å². The molecule has 4 nitrogen and oxygen atoms in total. The van der Waals surface area contributed by atoms with Crippen molar-refractivity contribution < 1.29 is 9.94 Å².